The highest BCUT2D eigenvalue weighted by Crippen LogP contribution is 2.28. The van der Waals surface area contributed by atoms with Crippen LogP contribution in [0.5, 0.6) is 0 Å². The zero-order valence-electron chi connectivity index (χ0n) is 12.8. The molecule has 0 atom stereocenters. The van der Waals surface area contributed by atoms with Crippen molar-refractivity contribution in [2.75, 3.05) is 5.73 Å². The molecule has 1 aromatic carbocycles. The van der Waals surface area contributed by atoms with Crippen LogP contribution in [0.3, 0.4) is 0 Å². The van der Waals surface area contributed by atoms with Crippen molar-refractivity contribution < 1.29 is 0 Å². The van der Waals surface area contributed by atoms with Crippen molar-refractivity contribution in [3.63, 3.8) is 0 Å². The third-order valence-electron chi connectivity index (χ3n) is 3.40. The lowest BCUT2D eigenvalue weighted by molar-refractivity contribution is 0.516. The summed E-state index contributed by atoms with van der Waals surface area (Å²) in [5, 5.41) is 3.19. The maximum Gasteiger partial charge on any atom is 0.115 e. The van der Waals surface area contributed by atoms with Crippen LogP contribution >= 0.6 is 11.3 Å². The van der Waals surface area contributed by atoms with Gasteiger partial charge in [0.15, 0.2) is 0 Å². The summed E-state index contributed by atoms with van der Waals surface area (Å²) in [5.41, 5.74) is 9.74. The molecule has 3 rings (SSSR count). The van der Waals surface area contributed by atoms with Gasteiger partial charge in [-0.05, 0) is 25.1 Å². The number of aromatic nitrogens is 3. The Labute approximate surface area is 128 Å². The van der Waals surface area contributed by atoms with Gasteiger partial charge in [-0.3, -0.25) is 0 Å². The number of rotatable bonds is 2. The standard InChI is InChI=1S/C16H20N4S/c1-10-9-21-14(18-10)8-20-13-6-5-11(17)7-12(13)19-15(20)16(2,3)4/h5-7,9H,8,17H2,1-4H3. The Bertz CT molecular complexity index is 792. The van der Waals surface area contributed by atoms with E-state index in [2.05, 4.69) is 35.7 Å². The lowest BCUT2D eigenvalue weighted by Crippen LogP contribution is -2.19. The number of fused-ring (bicyclic) bond motifs is 1. The maximum absolute atomic E-state index is 5.89. The Morgan fingerprint density at radius 2 is 2.00 bits per heavy atom. The van der Waals surface area contributed by atoms with Crippen LogP contribution in [-0.2, 0) is 12.0 Å². The Morgan fingerprint density at radius 1 is 1.24 bits per heavy atom. The van der Waals surface area contributed by atoms with E-state index in [4.69, 9.17) is 10.7 Å². The van der Waals surface area contributed by atoms with Crippen LogP contribution in [0.1, 0.15) is 37.3 Å². The van der Waals surface area contributed by atoms with Crippen molar-refractivity contribution in [1.29, 1.82) is 0 Å². The Kier molecular flexibility index (Phi) is 3.24. The third-order valence-corrected chi connectivity index (χ3v) is 4.35. The SMILES string of the molecule is Cc1csc(Cn2c(C(C)(C)C)nc3cc(N)ccc32)n1. The molecule has 0 bridgehead atoms. The third kappa shape index (κ3) is 2.65. The molecule has 0 saturated carbocycles. The lowest BCUT2D eigenvalue weighted by Gasteiger charge is -2.19. The molecular weight excluding hydrogens is 280 g/mol. The molecule has 2 N–H and O–H groups in total. The second-order valence-corrected chi connectivity index (χ2v) is 7.34. The van der Waals surface area contributed by atoms with Crippen LogP contribution in [0.15, 0.2) is 23.6 Å². The number of hydrogen-bond donors (Lipinski definition) is 1. The van der Waals surface area contributed by atoms with Gasteiger partial charge in [0.05, 0.1) is 17.6 Å². The summed E-state index contributed by atoms with van der Waals surface area (Å²) < 4.78 is 2.26. The topological polar surface area (TPSA) is 56.7 Å². The van der Waals surface area contributed by atoms with Crippen LogP contribution in [0.2, 0.25) is 0 Å². The maximum atomic E-state index is 5.89. The number of imidazole rings is 1. The molecule has 0 aliphatic heterocycles. The smallest absolute Gasteiger partial charge is 0.115 e. The number of nitrogens with two attached hydrogens (primary N) is 1. The summed E-state index contributed by atoms with van der Waals surface area (Å²) in [7, 11) is 0. The summed E-state index contributed by atoms with van der Waals surface area (Å²) in [6.45, 7) is 9.33. The largest absolute Gasteiger partial charge is 0.399 e. The molecule has 0 fully saturated rings. The second kappa shape index (κ2) is 4.84. The number of hydrogen-bond acceptors (Lipinski definition) is 4. The fraction of sp³-hybridized carbons (Fsp3) is 0.375. The Hall–Kier alpha value is -1.88. The summed E-state index contributed by atoms with van der Waals surface area (Å²) in [6, 6.07) is 5.92. The molecule has 0 unspecified atom stereocenters. The predicted octanol–water partition coefficient (Wildman–Crippen LogP) is 3.73. The molecule has 0 aliphatic rings. The minimum atomic E-state index is -0.0277. The van der Waals surface area contributed by atoms with Crippen LogP contribution in [0.25, 0.3) is 11.0 Å². The van der Waals surface area contributed by atoms with E-state index in [-0.39, 0.29) is 5.41 Å². The van der Waals surface area contributed by atoms with Crippen LogP contribution in [-0.4, -0.2) is 14.5 Å². The Morgan fingerprint density at radius 3 is 2.62 bits per heavy atom. The molecule has 0 amide bonds. The van der Waals surface area contributed by atoms with Gasteiger partial charge < -0.3 is 10.3 Å². The van der Waals surface area contributed by atoms with Gasteiger partial charge in [0.2, 0.25) is 0 Å². The van der Waals surface area contributed by atoms with E-state index in [0.717, 1.165) is 39.8 Å². The Balaban J connectivity index is 2.17. The quantitative estimate of drug-likeness (QED) is 0.734. The van der Waals surface area contributed by atoms with Crippen LogP contribution in [0, 0.1) is 6.92 Å². The van der Waals surface area contributed by atoms with Crippen molar-refractivity contribution in [2.45, 2.75) is 39.7 Å². The highest BCUT2D eigenvalue weighted by molar-refractivity contribution is 7.09. The highest BCUT2D eigenvalue weighted by atomic mass is 32.1. The molecule has 21 heavy (non-hydrogen) atoms. The zero-order chi connectivity index (χ0) is 15.2. The lowest BCUT2D eigenvalue weighted by atomic mass is 9.95. The number of nitrogen functional groups attached to an aromatic ring is 1. The zero-order valence-corrected chi connectivity index (χ0v) is 13.7. The first-order valence-electron chi connectivity index (χ1n) is 7.02. The molecule has 0 aliphatic carbocycles. The van der Waals surface area contributed by atoms with Gasteiger partial charge in [0, 0.05) is 22.2 Å². The molecule has 3 aromatic rings. The van der Waals surface area contributed by atoms with Gasteiger partial charge in [0.25, 0.3) is 0 Å². The number of aryl methyl sites for hydroxylation is 1. The first kappa shape index (κ1) is 14.1. The van der Waals surface area contributed by atoms with Crippen LogP contribution < -0.4 is 5.73 Å². The fourth-order valence-corrected chi connectivity index (χ4v) is 3.25. The van der Waals surface area contributed by atoms with Gasteiger partial charge in [-0.25, -0.2) is 9.97 Å². The van der Waals surface area contributed by atoms with Crippen molar-refractivity contribution >= 4 is 28.1 Å². The summed E-state index contributed by atoms with van der Waals surface area (Å²) >= 11 is 1.69. The van der Waals surface area contributed by atoms with E-state index in [9.17, 15) is 0 Å². The van der Waals surface area contributed by atoms with Crippen molar-refractivity contribution in [3.05, 3.63) is 40.1 Å². The first-order chi connectivity index (χ1) is 9.84. The molecule has 110 valence electrons. The average Bonchev–Trinajstić information content (AvgIpc) is 2.93. The van der Waals surface area contributed by atoms with Gasteiger partial charge in [-0.2, -0.15) is 0 Å². The fourth-order valence-electron chi connectivity index (χ4n) is 2.49. The molecule has 2 aromatic heterocycles. The molecule has 2 heterocycles. The molecule has 5 heteroatoms. The number of thiazole rings is 1. The van der Waals surface area contributed by atoms with E-state index in [0.29, 0.717) is 0 Å². The van der Waals surface area contributed by atoms with Gasteiger partial charge in [-0.1, -0.05) is 20.8 Å². The molecule has 0 spiro atoms. The monoisotopic (exact) mass is 300 g/mol. The predicted molar refractivity (Wildman–Crippen MR) is 88.8 cm³/mol. The number of anilines is 1. The number of benzene rings is 1. The summed E-state index contributed by atoms with van der Waals surface area (Å²) in [5.74, 6) is 1.07. The van der Waals surface area contributed by atoms with Gasteiger partial charge in [0.1, 0.15) is 10.8 Å². The van der Waals surface area contributed by atoms with E-state index in [1.807, 2.05) is 25.1 Å². The molecular formula is C16H20N4S. The first-order valence-corrected chi connectivity index (χ1v) is 7.90. The molecule has 0 saturated heterocycles. The van der Waals surface area contributed by atoms with Crippen molar-refractivity contribution in [2.24, 2.45) is 0 Å². The van der Waals surface area contributed by atoms with E-state index >= 15 is 0 Å². The summed E-state index contributed by atoms with van der Waals surface area (Å²) in [4.78, 5) is 9.39. The van der Waals surface area contributed by atoms with E-state index in [1.54, 1.807) is 11.3 Å². The van der Waals surface area contributed by atoms with Crippen molar-refractivity contribution in [3.8, 4) is 0 Å². The van der Waals surface area contributed by atoms with Gasteiger partial charge >= 0.3 is 0 Å². The van der Waals surface area contributed by atoms with E-state index in [1.165, 1.54) is 0 Å². The minimum Gasteiger partial charge on any atom is -0.399 e. The highest BCUT2D eigenvalue weighted by Gasteiger charge is 2.23. The van der Waals surface area contributed by atoms with Crippen LogP contribution in [0.4, 0.5) is 5.69 Å². The summed E-state index contributed by atoms with van der Waals surface area (Å²) in [6.07, 6.45) is 0. The normalized spacial score (nSPS) is 12.2. The second-order valence-electron chi connectivity index (χ2n) is 6.40. The van der Waals surface area contributed by atoms with E-state index < -0.39 is 0 Å². The average molecular weight is 300 g/mol. The van der Waals surface area contributed by atoms with Gasteiger partial charge in [-0.15, -0.1) is 11.3 Å². The minimum absolute atomic E-state index is 0.0277. The number of nitrogens with zero attached hydrogens (tertiary/aromatic N) is 3. The van der Waals surface area contributed by atoms with Crippen molar-refractivity contribution in [1.82, 2.24) is 14.5 Å². The molecule has 0 radical (unpaired) electrons. The molecule has 4 nitrogen and oxygen atoms in total.